The highest BCUT2D eigenvalue weighted by Crippen LogP contribution is 2.42. The first kappa shape index (κ1) is 105. The standard InChI is InChI=1S/10C10H18O/c1-7(2)9-6-8(3)4-5-10(9)11;1-7(2)9-5-4-8(3)6-10(9)11;1-7(2)10-8(3)5-4-6-9(10)11;1-7(2)9-6-4-5-8(3)10(9)11;1-4-9-5-8(3)10(11)6-7(9)2;1-4-9-5-7(2)8(3)10(11)6-9;1-4-10-7(2)5-9(11)6-8(10)3;1-4-9-5-7(2)10(11)8(3)6-9;1-4-9-6-10(11)8(3)5-7(9)2;1-4-9-5-6-10(11)8(3)7(9)2/h4*8-11H,1,4-6H2,2-3H3;6*4,7-11H,1,5-6H2,2-3H3. The van der Waals surface area contributed by atoms with Crippen molar-refractivity contribution in [1.82, 2.24) is 0 Å². The van der Waals surface area contributed by atoms with Crippen LogP contribution in [0.1, 0.15) is 293 Å². The van der Waals surface area contributed by atoms with E-state index < -0.39 is 0 Å². The van der Waals surface area contributed by atoms with E-state index in [9.17, 15) is 51.1 Å². The Morgan fingerprint density at radius 2 is 0.709 bits per heavy atom. The zero-order chi connectivity index (χ0) is 84.3. The molecule has 10 aliphatic rings. The van der Waals surface area contributed by atoms with Crippen LogP contribution in [0.4, 0.5) is 0 Å². The average molecular weight is 1540 g/mol. The predicted octanol–water partition coefficient (Wildman–Crippen LogP) is 22.7. The molecular formula is C100H180O10. The Morgan fingerprint density at radius 1 is 0.255 bits per heavy atom. The third-order valence-corrected chi connectivity index (χ3v) is 28.9. The van der Waals surface area contributed by atoms with Crippen LogP contribution < -0.4 is 0 Å². The summed E-state index contributed by atoms with van der Waals surface area (Å²) in [4.78, 5) is 0. The Hall–Kier alpha value is -3.00. The normalized spacial score (nSPS) is 42.7. The summed E-state index contributed by atoms with van der Waals surface area (Å²) in [5, 5.41) is 95.9. The first-order valence-electron chi connectivity index (χ1n) is 44.6. The quantitative estimate of drug-likeness (QED) is 0.0938. The fourth-order valence-electron chi connectivity index (χ4n) is 20.1. The topological polar surface area (TPSA) is 202 Å². The van der Waals surface area contributed by atoms with Crippen LogP contribution in [0, 0.1) is 154 Å². The zero-order valence-electron chi connectivity index (χ0n) is 74.8. The molecule has 10 aliphatic carbocycles. The monoisotopic (exact) mass is 1540 g/mol. The number of allylic oxidation sites excluding steroid dienone is 6. The molecule has 0 bridgehead atoms. The molecule has 0 heterocycles. The van der Waals surface area contributed by atoms with Gasteiger partial charge in [0.25, 0.3) is 0 Å². The van der Waals surface area contributed by atoms with Crippen LogP contribution in [0.2, 0.25) is 0 Å². The summed E-state index contributed by atoms with van der Waals surface area (Å²) in [6, 6.07) is 0. The molecule has 110 heavy (non-hydrogen) atoms. The number of hydrogen-bond acceptors (Lipinski definition) is 10. The van der Waals surface area contributed by atoms with E-state index in [1.54, 1.807) is 0 Å². The van der Waals surface area contributed by atoms with Gasteiger partial charge in [0, 0.05) is 23.7 Å². The van der Waals surface area contributed by atoms with Gasteiger partial charge >= 0.3 is 0 Å². The molecule has 10 saturated carbocycles. The molecular weight excluding hydrogens is 1360 g/mol. The minimum Gasteiger partial charge on any atom is -0.393 e. The van der Waals surface area contributed by atoms with Crippen molar-refractivity contribution in [2.75, 3.05) is 0 Å². The van der Waals surface area contributed by atoms with Gasteiger partial charge in [-0.3, -0.25) is 0 Å². The van der Waals surface area contributed by atoms with Crippen LogP contribution in [0.25, 0.3) is 0 Å². The van der Waals surface area contributed by atoms with Gasteiger partial charge in [-0.2, -0.15) is 0 Å². The van der Waals surface area contributed by atoms with E-state index in [-0.39, 0.29) is 61.0 Å². The van der Waals surface area contributed by atoms with Crippen LogP contribution in [0.5, 0.6) is 0 Å². The Morgan fingerprint density at radius 3 is 1.16 bits per heavy atom. The van der Waals surface area contributed by atoms with Crippen LogP contribution in [-0.4, -0.2) is 112 Å². The average Bonchev–Trinajstić information content (AvgIpc) is 0.856. The van der Waals surface area contributed by atoms with E-state index in [0.717, 1.165) is 137 Å². The molecule has 32 atom stereocenters. The molecule has 0 aliphatic heterocycles. The summed E-state index contributed by atoms with van der Waals surface area (Å²) in [5.74, 6) is 14.0. The Bertz CT molecular complexity index is 2470. The summed E-state index contributed by atoms with van der Waals surface area (Å²) in [5.41, 5.74) is 4.57. The molecule has 0 amide bonds. The van der Waals surface area contributed by atoms with Gasteiger partial charge in [0.2, 0.25) is 0 Å². The second-order valence-electron chi connectivity index (χ2n) is 38.8. The first-order chi connectivity index (χ1) is 51.4. The van der Waals surface area contributed by atoms with Crippen LogP contribution >= 0.6 is 0 Å². The van der Waals surface area contributed by atoms with Crippen molar-refractivity contribution < 1.29 is 51.1 Å². The highest BCUT2D eigenvalue weighted by atomic mass is 16.3. The Kier molecular flexibility index (Phi) is 51.6. The van der Waals surface area contributed by atoms with E-state index in [0.29, 0.717) is 148 Å². The Balaban J connectivity index is 0.000000611. The summed E-state index contributed by atoms with van der Waals surface area (Å²) in [6.45, 7) is 81.3. The second-order valence-corrected chi connectivity index (χ2v) is 38.8. The number of hydrogen-bond donors (Lipinski definition) is 10. The summed E-state index contributed by atoms with van der Waals surface area (Å²) in [6.07, 6.45) is 36.9. The highest BCUT2D eigenvalue weighted by Gasteiger charge is 2.37. The van der Waals surface area contributed by atoms with E-state index in [4.69, 9.17) is 0 Å². The molecule has 0 aromatic heterocycles. The van der Waals surface area contributed by atoms with E-state index in [1.807, 2.05) is 64.2 Å². The van der Waals surface area contributed by atoms with Gasteiger partial charge in [-0.15, -0.1) is 39.5 Å². The molecule has 32 unspecified atom stereocenters. The minimum atomic E-state index is -0.138. The van der Waals surface area contributed by atoms with Crippen LogP contribution in [0.15, 0.2) is 125 Å². The van der Waals surface area contributed by atoms with Crippen LogP contribution in [0.3, 0.4) is 0 Å². The van der Waals surface area contributed by atoms with Crippen molar-refractivity contribution >= 4 is 0 Å². The van der Waals surface area contributed by atoms with Crippen molar-refractivity contribution in [2.24, 2.45) is 154 Å². The maximum absolute atomic E-state index is 9.75. The van der Waals surface area contributed by atoms with Gasteiger partial charge in [0.15, 0.2) is 0 Å². The summed E-state index contributed by atoms with van der Waals surface area (Å²) in [7, 11) is 0. The maximum Gasteiger partial charge on any atom is 0.0630 e. The molecule has 0 radical (unpaired) electrons. The molecule has 0 aromatic carbocycles. The van der Waals surface area contributed by atoms with Gasteiger partial charge in [0.05, 0.1) is 61.0 Å². The zero-order valence-corrected chi connectivity index (χ0v) is 74.8. The second kappa shape index (κ2) is 54.1. The number of rotatable bonds is 10. The lowest BCUT2D eigenvalue weighted by Crippen LogP contribution is -2.33. The van der Waals surface area contributed by atoms with Crippen molar-refractivity contribution in [3.05, 3.63) is 125 Å². The third-order valence-electron chi connectivity index (χ3n) is 28.9. The molecule has 0 spiro atoms. The number of aliphatic hydroxyl groups is 10. The van der Waals surface area contributed by atoms with E-state index in [1.165, 1.54) is 44.9 Å². The third kappa shape index (κ3) is 36.7. The molecule has 10 N–H and O–H groups in total. The molecule has 10 heteroatoms. The lowest BCUT2D eigenvalue weighted by molar-refractivity contribution is 0.0201. The molecule has 10 fully saturated rings. The fourth-order valence-corrected chi connectivity index (χ4v) is 20.1. The van der Waals surface area contributed by atoms with Gasteiger partial charge in [-0.25, -0.2) is 0 Å². The van der Waals surface area contributed by atoms with Gasteiger partial charge in [0.1, 0.15) is 0 Å². The maximum atomic E-state index is 9.75. The summed E-state index contributed by atoms with van der Waals surface area (Å²) >= 11 is 0. The van der Waals surface area contributed by atoms with Gasteiger partial charge in [-0.05, 0) is 299 Å². The van der Waals surface area contributed by atoms with Crippen molar-refractivity contribution in [3.63, 3.8) is 0 Å². The molecule has 10 rings (SSSR count). The molecule has 640 valence electrons. The molecule has 10 nitrogen and oxygen atoms in total. The highest BCUT2D eigenvalue weighted by molar-refractivity contribution is 5.06. The predicted molar refractivity (Wildman–Crippen MR) is 473 cm³/mol. The lowest BCUT2D eigenvalue weighted by atomic mass is 9.72. The summed E-state index contributed by atoms with van der Waals surface area (Å²) < 4.78 is 0. The van der Waals surface area contributed by atoms with Crippen LogP contribution in [-0.2, 0) is 0 Å². The largest absolute Gasteiger partial charge is 0.393 e. The molecule has 0 saturated heterocycles. The van der Waals surface area contributed by atoms with Gasteiger partial charge in [-0.1, -0.05) is 209 Å². The minimum absolute atomic E-state index is 0.0730. The van der Waals surface area contributed by atoms with E-state index in [2.05, 4.69) is 177 Å². The first-order valence-corrected chi connectivity index (χ1v) is 44.6. The van der Waals surface area contributed by atoms with E-state index >= 15 is 0 Å². The smallest absolute Gasteiger partial charge is 0.0630 e. The SMILES string of the molecule is C=C(C)C1C(C)CCCC1O.C=C(C)C1CC(C)CCC1O.C=C(C)C1CCC(C)CC1O.C=C(C)C1CCCC(C)C1O.C=CC1C(C)CC(O)CC1C.C=CC1CC(C)C(C)C(O)C1.C=CC1CC(C)C(O)C(C)C1.C=CC1CC(C)C(O)CC1C.C=CC1CC(O)C(C)CC1C.C=CC1CCC(O)C(C)C1C. The lowest BCUT2D eigenvalue weighted by Gasteiger charge is -2.35. The van der Waals surface area contributed by atoms with Crippen molar-refractivity contribution in [1.29, 1.82) is 0 Å². The van der Waals surface area contributed by atoms with Gasteiger partial charge < -0.3 is 51.1 Å². The van der Waals surface area contributed by atoms with Crippen molar-refractivity contribution in [3.8, 4) is 0 Å². The Labute approximate surface area is 679 Å². The number of aliphatic hydroxyl groups excluding tert-OH is 10. The van der Waals surface area contributed by atoms with Crippen molar-refractivity contribution in [2.45, 2.75) is 354 Å². The fraction of sp³-hybridized carbons (Fsp3) is 0.800. The molecule has 0 aromatic rings.